The molecule has 0 atom stereocenters. The van der Waals surface area contributed by atoms with Crippen molar-refractivity contribution in [1.29, 1.82) is 0 Å². The molecule has 7 nitrogen and oxygen atoms in total. The molecule has 0 saturated carbocycles. The van der Waals surface area contributed by atoms with Crippen LogP contribution in [-0.2, 0) is 9.59 Å². The lowest BCUT2D eigenvalue weighted by molar-refractivity contribution is -0.385. The number of thioether (sulfide) groups is 1. The van der Waals surface area contributed by atoms with Crippen molar-refractivity contribution in [3.63, 3.8) is 0 Å². The lowest BCUT2D eigenvalue weighted by Crippen LogP contribution is -2.41. The van der Waals surface area contributed by atoms with Gasteiger partial charge in [0.05, 0.1) is 16.2 Å². The van der Waals surface area contributed by atoms with Crippen LogP contribution in [0.3, 0.4) is 0 Å². The van der Waals surface area contributed by atoms with Gasteiger partial charge in [0.15, 0.2) is 0 Å². The lowest BCUT2D eigenvalue weighted by atomic mass is 10.1. The monoisotopic (exact) mass is 391 g/mol. The van der Waals surface area contributed by atoms with Crippen LogP contribution >= 0.6 is 23.4 Å². The Morgan fingerprint density at radius 1 is 1.12 bits per heavy atom. The molecule has 2 aromatic rings. The number of benzene rings is 2. The summed E-state index contributed by atoms with van der Waals surface area (Å²) in [7, 11) is 0. The van der Waals surface area contributed by atoms with Crippen LogP contribution in [0.1, 0.15) is 5.56 Å². The minimum atomic E-state index is -0.604. The van der Waals surface area contributed by atoms with Gasteiger partial charge in [-0.25, -0.2) is 0 Å². The molecule has 0 aliphatic heterocycles. The number of nitro groups is 1. The Labute approximate surface area is 158 Å². The summed E-state index contributed by atoms with van der Waals surface area (Å²) in [4.78, 5) is 34.7. The Morgan fingerprint density at radius 2 is 1.81 bits per heavy atom. The Hall–Kier alpha value is -2.84. The highest BCUT2D eigenvalue weighted by molar-refractivity contribution is 8.00. The average molecular weight is 392 g/mol. The van der Waals surface area contributed by atoms with Crippen LogP contribution < -0.4 is 10.9 Å². The summed E-state index contributed by atoms with van der Waals surface area (Å²) in [5.41, 5.74) is 4.66. The zero-order valence-corrected chi connectivity index (χ0v) is 14.9. The second-order valence-electron chi connectivity index (χ2n) is 4.93. The Bertz CT molecular complexity index is 840. The number of nitro benzene ring substituents is 1. The van der Waals surface area contributed by atoms with Gasteiger partial charge in [-0.05, 0) is 36.4 Å². The van der Waals surface area contributed by atoms with E-state index in [1.54, 1.807) is 30.3 Å². The molecule has 0 aliphatic carbocycles. The van der Waals surface area contributed by atoms with Gasteiger partial charge in [-0.1, -0.05) is 23.7 Å². The van der Waals surface area contributed by atoms with Crippen molar-refractivity contribution in [2.75, 3.05) is 5.75 Å². The highest BCUT2D eigenvalue weighted by Crippen LogP contribution is 2.20. The molecule has 2 rings (SSSR count). The van der Waals surface area contributed by atoms with Crippen LogP contribution in [0.25, 0.3) is 6.08 Å². The largest absolute Gasteiger partial charge is 0.276 e. The molecule has 26 heavy (non-hydrogen) atoms. The van der Waals surface area contributed by atoms with Crippen molar-refractivity contribution in [2.24, 2.45) is 0 Å². The second-order valence-corrected chi connectivity index (χ2v) is 6.41. The van der Waals surface area contributed by atoms with Gasteiger partial charge in [-0.15, -0.1) is 11.8 Å². The van der Waals surface area contributed by atoms with Gasteiger partial charge < -0.3 is 0 Å². The maximum Gasteiger partial charge on any atom is 0.276 e. The molecule has 134 valence electrons. The van der Waals surface area contributed by atoms with E-state index in [0.717, 1.165) is 11.0 Å². The highest BCUT2D eigenvalue weighted by atomic mass is 35.5. The number of carbonyl (C=O) groups excluding carboxylic acids is 2. The zero-order valence-electron chi connectivity index (χ0n) is 13.3. The molecular weight excluding hydrogens is 378 g/mol. The highest BCUT2D eigenvalue weighted by Gasteiger charge is 2.10. The molecule has 2 N–H and O–H groups in total. The summed E-state index contributed by atoms with van der Waals surface area (Å²) in [5, 5.41) is 11.5. The summed E-state index contributed by atoms with van der Waals surface area (Å²) in [6.45, 7) is 0. The number of halogens is 1. The summed E-state index contributed by atoms with van der Waals surface area (Å²) < 4.78 is 0. The van der Waals surface area contributed by atoms with Gasteiger partial charge in [0.25, 0.3) is 11.6 Å². The summed E-state index contributed by atoms with van der Waals surface area (Å²) in [6.07, 6.45) is 2.41. The molecule has 0 bridgehead atoms. The van der Waals surface area contributed by atoms with Crippen LogP contribution in [0.4, 0.5) is 5.69 Å². The SMILES string of the molecule is O=C(/C=C/c1ccccc1[N+](=O)[O-])NNC(=O)CSc1ccc(Cl)cc1. The number of nitrogens with one attached hydrogen (secondary N) is 2. The van der Waals surface area contributed by atoms with Gasteiger partial charge >= 0.3 is 0 Å². The fourth-order valence-electron chi connectivity index (χ4n) is 1.85. The number of rotatable bonds is 6. The first-order valence-electron chi connectivity index (χ1n) is 7.34. The minimum absolute atomic E-state index is 0.107. The number of nitrogens with zero attached hydrogens (tertiary/aromatic N) is 1. The predicted molar refractivity (Wildman–Crippen MR) is 101 cm³/mol. The molecule has 0 aromatic heterocycles. The molecule has 0 fully saturated rings. The molecule has 0 aliphatic rings. The van der Waals surface area contributed by atoms with E-state index in [2.05, 4.69) is 10.9 Å². The average Bonchev–Trinajstić information content (AvgIpc) is 2.64. The van der Waals surface area contributed by atoms with E-state index < -0.39 is 16.7 Å². The van der Waals surface area contributed by atoms with Gasteiger partial charge in [-0.2, -0.15) is 0 Å². The van der Waals surface area contributed by atoms with Crippen molar-refractivity contribution in [3.8, 4) is 0 Å². The van der Waals surface area contributed by atoms with Crippen molar-refractivity contribution in [1.82, 2.24) is 10.9 Å². The fourth-order valence-corrected chi connectivity index (χ4v) is 2.67. The first-order chi connectivity index (χ1) is 12.5. The van der Waals surface area contributed by atoms with Crippen molar-refractivity contribution >= 4 is 46.9 Å². The number of hydrazine groups is 1. The van der Waals surface area contributed by atoms with E-state index in [4.69, 9.17) is 11.6 Å². The van der Waals surface area contributed by atoms with Crippen LogP contribution in [0.15, 0.2) is 59.5 Å². The molecule has 0 unspecified atom stereocenters. The van der Waals surface area contributed by atoms with Crippen LogP contribution in [0.2, 0.25) is 5.02 Å². The summed E-state index contributed by atoms with van der Waals surface area (Å²) >= 11 is 7.07. The molecule has 0 radical (unpaired) electrons. The number of carbonyl (C=O) groups is 2. The Morgan fingerprint density at radius 3 is 2.50 bits per heavy atom. The van der Waals surface area contributed by atoms with Gasteiger partial charge in [-0.3, -0.25) is 30.6 Å². The van der Waals surface area contributed by atoms with Crippen molar-refractivity contribution in [2.45, 2.75) is 4.90 Å². The van der Waals surface area contributed by atoms with E-state index >= 15 is 0 Å². The molecule has 2 aromatic carbocycles. The number of hydrogen-bond donors (Lipinski definition) is 2. The van der Waals surface area contributed by atoms with E-state index in [1.807, 2.05) is 0 Å². The smallest absolute Gasteiger partial charge is 0.272 e. The maximum absolute atomic E-state index is 11.7. The summed E-state index contributed by atoms with van der Waals surface area (Å²) in [6, 6.07) is 13.0. The lowest BCUT2D eigenvalue weighted by Gasteiger charge is -2.05. The van der Waals surface area contributed by atoms with Crippen LogP contribution in [-0.4, -0.2) is 22.5 Å². The first kappa shape index (κ1) is 19.5. The molecular formula is C17H14ClN3O4S. The zero-order chi connectivity index (χ0) is 18.9. The molecule has 0 saturated heterocycles. The van der Waals surface area contributed by atoms with E-state index in [0.29, 0.717) is 5.02 Å². The van der Waals surface area contributed by atoms with Gasteiger partial charge in [0, 0.05) is 22.1 Å². The normalized spacial score (nSPS) is 10.5. The quantitative estimate of drug-likeness (QED) is 0.341. The van der Waals surface area contributed by atoms with E-state index in [9.17, 15) is 19.7 Å². The van der Waals surface area contributed by atoms with Crippen molar-refractivity contribution < 1.29 is 14.5 Å². The van der Waals surface area contributed by atoms with Crippen LogP contribution in [0.5, 0.6) is 0 Å². The topological polar surface area (TPSA) is 101 Å². The fraction of sp³-hybridized carbons (Fsp3) is 0.0588. The van der Waals surface area contributed by atoms with Crippen LogP contribution in [0, 0.1) is 10.1 Å². The predicted octanol–water partition coefficient (Wildman–Crippen LogP) is 3.20. The van der Waals surface area contributed by atoms with Gasteiger partial charge in [0.2, 0.25) is 5.91 Å². The second kappa shape index (κ2) is 9.59. The number of para-hydroxylation sites is 1. The number of amides is 2. The minimum Gasteiger partial charge on any atom is -0.272 e. The van der Waals surface area contributed by atoms with E-state index in [1.165, 1.54) is 36.0 Å². The molecule has 0 spiro atoms. The van der Waals surface area contributed by atoms with Crippen molar-refractivity contribution in [3.05, 3.63) is 75.3 Å². The van der Waals surface area contributed by atoms with E-state index in [-0.39, 0.29) is 17.0 Å². The van der Waals surface area contributed by atoms with Gasteiger partial charge in [0.1, 0.15) is 0 Å². The molecule has 9 heteroatoms. The third-order valence-electron chi connectivity index (χ3n) is 3.06. The third-order valence-corrected chi connectivity index (χ3v) is 4.32. The molecule has 2 amide bonds. The Kier molecular flexibility index (Phi) is 7.19. The first-order valence-corrected chi connectivity index (χ1v) is 8.71. The summed E-state index contributed by atoms with van der Waals surface area (Å²) in [5.74, 6) is -0.888. The molecule has 0 heterocycles. The standard InChI is InChI=1S/C17H14ClN3O4S/c18-13-6-8-14(9-7-13)26-11-17(23)20-19-16(22)10-5-12-3-1-2-4-15(12)21(24)25/h1-10H,11H2,(H,19,22)(H,20,23)/b10-5+. The third kappa shape index (κ3) is 6.23. The Balaban J connectivity index is 1.80. The number of hydrogen-bond acceptors (Lipinski definition) is 5. The maximum atomic E-state index is 11.7.